The highest BCUT2D eigenvalue weighted by Crippen LogP contribution is 2.32. The van der Waals surface area contributed by atoms with Gasteiger partial charge in [-0.2, -0.15) is 4.31 Å². The zero-order chi connectivity index (χ0) is 15.1. The molecular formula is C14H21FN2O2S. The number of benzene rings is 1. The Labute approximate surface area is 119 Å². The lowest BCUT2D eigenvalue weighted by atomic mass is 9.89. The van der Waals surface area contributed by atoms with Crippen molar-refractivity contribution >= 4 is 10.0 Å². The van der Waals surface area contributed by atoms with Crippen molar-refractivity contribution in [1.82, 2.24) is 4.31 Å². The van der Waals surface area contributed by atoms with Crippen LogP contribution in [0.25, 0.3) is 0 Å². The molecule has 2 rings (SSSR count). The lowest BCUT2D eigenvalue weighted by Crippen LogP contribution is -2.68. The van der Waals surface area contributed by atoms with Crippen LogP contribution in [0.2, 0.25) is 0 Å². The van der Waals surface area contributed by atoms with E-state index in [9.17, 15) is 12.8 Å². The van der Waals surface area contributed by atoms with Crippen molar-refractivity contribution in [2.45, 2.75) is 44.0 Å². The highest BCUT2D eigenvalue weighted by atomic mass is 32.2. The molecular weight excluding hydrogens is 279 g/mol. The molecule has 1 aromatic rings. The van der Waals surface area contributed by atoms with Crippen molar-refractivity contribution in [3.8, 4) is 0 Å². The van der Waals surface area contributed by atoms with Gasteiger partial charge < -0.3 is 5.73 Å². The first-order valence-corrected chi connectivity index (χ1v) is 8.19. The van der Waals surface area contributed by atoms with Crippen molar-refractivity contribution < 1.29 is 12.8 Å². The average molecular weight is 300 g/mol. The minimum absolute atomic E-state index is 0.206. The van der Waals surface area contributed by atoms with E-state index in [2.05, 4.69) is 0 Å². The van der Waals surface area contributed by atoms with Crippen molar-refractivity contribution in [2.75, 3.05) is 13.1 Å². The van der Waals surface area contributed by atoms with E-state index in [1.54, 1.807) is 13.8 Å². The van der Waals surface area contributed by atoms with Gasteiger partial charge in [-0.25, -0.2) is 12.8 Å². The molecule has 1 aromatic carbocycles. The third-order valence-corrected chi connectivity index (χ3v) is 5.85. The van der Waals surface area contributed by atoms with E-state index in [1.807, 2.05) is 6.92 Å². The van der Waals surface area contributed by atoms with E-state index in [-0.39, 0.29) is 4.90 Å². The molecule has 112 valence electrons. The molecule has 0 radical (unpaired) electrons. The van der Waals surface area contributed by atoms with Crippen LogP contribution < -0.4 is 5.73 Å². The maximum Gasteiger partial charge on any atom is 0.243 e. The van der Waals surface area contributed by atoms with Gasteiger partial charge in [0, 0.05) is 18.6 Å². The van der Waals surface area contributed by atoms with E-state index in [4.69, 9.17) is 5.73 Å². The Kier molecular flexibility index (Phi) is 3.92. The van der Waals surface area contributed by atoms with E-state index in [0.717, 1.165) is 12.8 Å². The maximum absolute atomic E-state index is 13.3. The second-order valence-electron chi connectivity index (χ2n) is 5.75. The Bertz CT molecular complexity index is 599. The molecule has 6 heteroatoms. The number of aryl methyl sites for hydroxylation is 2. The summed E-state index contributed by atoms with van der Waals surface area (Å²) in [5.41, 5.74) is 6.57. The van der Waals surface area contributed by atoms with Crippen LogP contribution in [0, 0.1) is 19.7 Å². The van der Waals surface area contributed by atoms with Crippen molar-refractivity contribution in [3.63, 3.8) is 0 Å². The molecule has 4 nitrogen and oxygen atoms in total. The smallest absolute Gasteiger partial charge is 0.243 e. The predicted octanol–water partition coefficient (Wildman–Crippen LogP) is 1.94. The third kappa shape index (κ3) is 2.60. The fourth-order valence-electron chi connectivity index (χ4n) is 2.92. The quantitative estimate of drug-likeness (QED) is 0.924. The van der Waals surface area contributed by atoms with Gasteiger partial charge in [0.25, 0.3) is 0 Å². The number of rotatable bonds is 4. The predicted molar refractivity (Wildman–Crippen MR) is 76.5 cm³/mol. The minimum Gasteiger partial charge on any atom is -0.323 e. The maximum atomic E-state index is 13.3. The van der Waals surface area contributed by atoms with Gasteiger partial charge in [0.15, 0.2) is 0 Å². The third-order valence-electron chi connectivity index (χ3n) is 3.75. The monoisotopic (exact) mass is 300 g/mol. The standard InChI is InChI=1S/C14H21FN2O2S/c1-4-5-14(16)8-17(9-14)20(18,19)13-10(2)6-12(15)7-11(13)3/h6-7H,4-5,8-9,16H2,1-3H3. The lowest BCUT2D eigenvalue weighted by molar-refractivity contribution is 0.147. The number of hydrogen-bond acceptors (Lipinski definition) is 3. The van der Waals surface area contributed by atoms with E-state index >= 15 is 0 Å². The Morgan fingerprint density at radius 2 is 1.80 bits per heavy atom. The van der Waals surface area contributed by atoms with Crippen molar-refractivity contribution in [3.05, 3.63) is 29.1 Å². The van der Waals surface area contributed by atoms with Crippen LogP contribution in [0.1, 0.15) is 30.9 Å². The molecule has 0 unspecified atom stereocenters. The molecule has 1 fully saturated rings. The topological polar surface area (TPSA) is 63.4 Å². The number of nitrogens with two attached hydrogens (primary N) is 1. The molecule has 1 aliphatic rings. The fourth-order valence-corrected chi connectivity index (χ4v) is 4.96. The molecule has 20 heavy (non-hydrogen) atoms. The molecule has 1 heterocycles. The number of hydrogen-bond donors (Lipinski definition) is 1. The Morgan fingerprint density at radius 3 is 2.25 bits per heavy atom. The van der Waals surface area contributed by atoms with Crippen LogP contribution in [0.3, 0.4) is 0 Å². The highest BCUT2D eigenvalue weighted by Gasteiger charge is 2.45. The summed E-state index contributed by atoms with van der Waals surface area (Å²) in [4.78, 5) is 0.206. The normalized spacial score (nSPS) is 18.9. The molecule has 0 spiro atoms. The number of halogens is 1. The van der Waals surface area contributed by atoms with Crippen LogP contribution in [-0.4, -0.2) is 31.4 Å². The van der Waals surface area contributed by atoms with Gasteiger partial charge in [0.1, 0.15) is 5.82 Å². The molecule has 1 aliphatic heterocycles. The highest BCUT2D eigenvalue weighted by molar-refractivity contribution is 7.89. The van der Waals surface area contributed by atoms with Gasteiger partial charge in [-0.15, -0.1) is 0 Å². The summed E-state index contributed by atoms with van der Waals surface area (Å²) >= 11 is 0. The summed E-state index contributed by atoms with van der Waals surface area (Å²) < 4.78 is 39.9. The molecule has 1 saturated heterocycles. The average Bonchev–Trinajstić information content (AvgIpc) is 2.23. The minimum atomic E-state index is -3.58. The Balaban J connectivity index is 2.30. The van der Waals surface area contributed by atoms with Crippen LogP contribution in [0.5, 0.6) is 0 Å². The molecule has 0 bridgehead atoms. The van der Waals surface area contributed by atoms with Crippen LogP contribution in [0.4, 0.5) is 4.39 Å². The van der Waals surface area contributed by atoms with Crippen molar-refractivity contribution in [1.29, 1.82) is 0 Å². The number of sulfonamides is 1. The first kappa shape index (κ1) is 15.4. The zero-order valence-electron chi connectivity index (χ0n) is 12.1. The Morgan fingerprint density at radius 1 is 1.30 bits per heavy atom. The van der Waals surface area contributed by atoms with Gasteiger partial charge in [0.2, 0.25) is 10.0 Å². The van der Waals surface area contributed by atoms with Gasteiger partial charge in [-0.05, 0) is 43.5 Å². The first-order valence-electron chi connectivity index (χ1n) is 6.75. The summed E-state index contributed by atoms with van der Waals surface area (Å²) in [6, 6.07) is 2.50. The second kappa shape index (κ2) is 5.09. The molecule has 0 amide bonds. The van der Waals surface area contributed by atoms with E-state index in [0.29, 0.717) is 24.2 Å². The van der Waals surface area contributed by atoms with Crippen molar-refractivity contribution in [2.24, 2.45) is 5.73 Å². The van der Waals surface area contributed by atoms with Gasteiger partial charge in [-0.1, -0.05) is 13.3 Å². The summed E-state index contributed by atoms with van der Waals surface area (Å²) in [5.74, 6) is -0.415. The fraction of sp³-hybridized carbons (Fsp3) is 0.571. The molecule has 2 N–H and O–H groups in total. The molecule has 0 atom stereocenters. The van der Waals surface area contributed by atoms with Crippen LogP contribution >= 0.6 is 0 Å². The summed E-state index contributed by atoms with van der Waals surface area (Å²) in [5, 5.41) is 0. The van der Waals surface area contributed by atoms with E-state index < -0.39 is 21.4 Å². The van der Waals surface area contributed by atoms with Gasteiger partial charge in [-0.3, -0.25) is 0 Å². The summed E-state index contributed by atoms with van der Waals surface area (Å²) in [6.07, 6.45) is 1.74. The molecule has 0 aromatic heterocycles. The number of nitrogens with zero attached hydrogens (tertiary/aromatic N) is 1. The van der Waals surface area contributed by atoms with Gasteiger partial charge >= 0.3 is 0 Å². The van der Waals surface area contributed by atoms with Crippen LogP contribution in [-0.2, 0) is 10.0 Å². The SMILES string of the molecule is CCCC1(N)CN(S(=O)(=O)c2c(C)cc(F)cc2C)C1. The molecule has 0 saturated carbocycles. The summed E-state index contributed by atoms with van der Waals surface area (Å²) in [7, 11) is -3.58. The first-order chi connectivity index (χ1) is 9.19. The van der Waals surface area contributed by atoms with E-state index in [1.165, 1.54) is 16.4 Å². The van der Waals surface area contributed by atoms with Crippen LogP contribution in [0.15, 0.2) is 17.0 Å². The zero-order valence-corrected chi connectivity index (χ0v) is 12.9. The Hall–Kier alpha value is -0.980. The lowest BCUT2D eigenvalue weighted by Gasteiger charge is -2.46. The summed E-state index contributed by atoms with van der Waals surface area (Å²) in [6.45, 7) is 5.92. The molecule has 0 aliphatic carbocycles. The van der Waals surface area contributed by atoms with Gasteiger partial charge in [0.05, 0.1) is 4.90 Å². The largest absolute Gasteiger partial charge is 0.323 e. The second-order valence-corrected chi connectivity index (χ2v) is 7.63.